The molecule has 1 saturated heterocycles. The Balaban J connectivity index is 1.37. The molecule has 1 fully saturated rings. The minimum atomic E-state index is -0.685. The predicted octanol–water partition coefficient (Wildman–Crippen LogP) is 3.60. The maximum Gasteiger partial charge on any atom is 0.223 e. The van der Waals surface area contributed by atoms with Crippen molar-refractivity contribution < 1.29 is 23.9 Å². The monoisotopic (exact) mass is 407 g/mol. The van der Waals surface area contributed by atoms with Crippen LogP contribution in [0.4, 0.5) is 0 Å². The molecule has 1 atom stereocenters. The highest BCUT2D eigenvalue weighted by Gasteiger charge is 2.47. The van der Waals surface area contributed by atoms with E-state index < -0.39 is 5.60 Å². The summed E-state index contributed by atoms with van der Waals surface area (Å²) in [5, 5.41) is 0. The maximum atomic E-state index is 12.7. The molecule has 2 aliphatic rings. The largest absolute Gasteiger partial charge is 0.497 e. The predicted molar refractivity (Wildman–Crippen MR) is 111 cm³/mol. The Morgan fingerprint density at radius 2 is 1.90 bits per heavy atom. The van der Waals surface area contributed by atoms with Crippen LogP contribution in [-0.2, 0) is 4.79 Å². The average Bonchev–Trinajstić information content (AvgIpc) is 3.15. The Kier molecular flexibility index (Phi) is 5.33. The lowest BCUT2D eigenvalue weighted by Gasteiger charge is -2.34. The molecule has 156 valence electrons. The van der Waals surface area contributed by atoms with E-state index in [9.17, 15) is 14.4 Å². The van der Waals surface area contributed by atoms with Crippen molar-refractivity contribution in [2.75, 3.05) is 20.2 Å². The fourth-order valence-corrected chi connectivity index (χ4v) is 4.15. The molecule has 0 saturated carbocycles. The van der Waals surface area contributed by atoms with Crippen LogP contribution >= 0.6 is 0 Å². The first kappa shape index (κ1) is 20.1. The summed E-state index contributed by atoms with van der Waals surface area (Å²) in [6.07, 6.45) is 1.17. The Morgan fingerprint density at radius 1 is 1.13 bits per heavy atom. The van der Waals surface area contributed by atoms with Crippen LogP contribution in [0.2, 0.25) is 0 Å². The van der Waals surface area contributed by atoms with Gasteiger partial charge in [-0.15, -0.1) is 0 Å². The van der Waals surface area contributed by atoms with Crippen LogP contribution in [-0.4, -0.2) is 48.2 Å². The smallest absolute Gasteiger partial charge is 0.223 e. The number of benzene rings is 2. The van der Waals surface area contributed by atoms with Gasteiger partial charge in [0.25, 0.3) is 0 Å². The minimum Gasteiger partial charge on any atom is -0.497 e. The number of nitrogens with zero attached hydrogens (tertiary/aromatic N) is 1. The molecule has 2 aromatic carbocycles. The molecule has 1 unspecified atom stereocenters. The van der Waals surface area contributed by atoms with Crippen molar-refractivity contribution in [2.24, 2.45) is 0 Å². The van der Waals surface area contributed by atoms with E-state index in [0.717, 1.165) is 5.56 Å². The summed E-state index contributed by atoms with van der Waals surface area (Å²) in [7, 11) is 1.56. The normalized spacial score (nSPS) is 20.1. The lowest BCUT2D eigenvalue weighted by atomic mass is 9.89. The molecule has 0 aromatic heterocycles. The second kappa shape index (κ2) is 7.94. The Morgan fingerprint density at radius 3 is 2.63 bits per heavy atom. The van der Waals surface area contributed by atoms with Gasteiger partial charge in [-0.1, -0.05) is 29.8 Å². The molecule has 0 aliphatic carbocycles. The summed E-state index contributed by atoms with van der Waals surface area (Å²) in [4.78, 5) is 39.5. The number of carbonyl (C=O) groups is 3. The van der Waals surface area contributed by atoms with Crippen LogP contribution in [0, 0.1) is 6.92 Å². The number of carbonyl (C=O) groups excluding carboxylic acids is 3. The molecule has 30 heavy (non-hydrogen) atoms. The van der Waals surface area contributed by atoms with E-state index in [4.69, 9.17) is 9.47 Å². The summed E-state index contributed by atoms with van der Waals surface area (Å²) in [6.45, 7) is 2.85. The van der Waals surface area contributed by atoms with Gasteiger partial charge in [0, 0.05) is 31.4 Å². The molecule has 2 heterocycles. The molecule has 1 spiro atoms. The third kappa shape index (κ3) is 3.95. The molecule has 0 radical (unpaired) electrons. The van der Waals surface area contributed by atoms with Crippen molar-refractivity contribution in [3.05, 3.63) is 59.2 Å². The quantitative estimate of drug-likeness (QED) is 0.708. The lowest BCUT2D eigenvalue weighted by Crippen LogP contribution is -2.45. The van der Waals surface area contributed by atoms with Crippen molar-refractivity contribution in [3.63, 3.8) is 0 Å². The van der Waals surface area contributed by atoms with Crippen molar-refractivity contribution in [1.29, 1.82) is 0 Å². The number of Topliss-reactive ketones (excluding diaryl/α,β-unsaturated/α-hetero) is 2. The van der Waals surface area contributed by atoms with Crippen LogP contribution in [0.15, 0.2) is 42.5 Å². The molecular formula is C24H25NO5. The molecule has 6 heteroatoms. The first-order chi connectivity index (χ1) is 14.4. The van der Waals surface area contributed by atoms with Crippen molar-refractivity contribution in [2.45, 2.75) is 38.2 Å². The summed E-state index contributed by atoms with van der Waals surface area (Å²) in [5.74, 6) is 1.03. The van der Waals surface area contributed by atoms with Gasteiger partial charge in [0.2, 0.25) is 5.91 Å². The SMILES string of the molecule is COc1ccc2c(c1)C(=O)CC1(CCN(C(=O)CCC(=O)c3ccc(C)cc3)C1)O2. The lowest BCUT2D eigenvalue weighted by molar-refractivity contribution is -0.130. The number of methoxy groups -OCH3 is 1. The van der Waals surface area contributed by atoms with Crippen LogP contribution in [0.5, 0.6) is 11.5 Å². The minimum absolute atomic E-state index is 0.000928. The second-order valence-corrected chi connectivity index (χ2v) is 8.10. The molecule has 2 aliphatic heterocycles. The van der Waals surface area contributed by atoms with Crippen LogP contribution in [0.3, 0.4) is 0 Å². The van der Waals surface area contributed by atoms with Crippen LogP contribution < -0.4 is 9.47 Å². The number of ketones is 2. The summed E-state index contributed by atoms with van der Waals surface area (Å²) in [6, 6.07) is 12.6. The number of hydrogen-bond donors (Lipinski definition) is 0. The zero-order valence-electron chi connectivity index (χ0n) is 17.3. The Labute approximate surface area is 175 Å². The first-order valence-electron chi connectivity index (χ1n) is 10.2. The third-order valence-electron chi connectivity index (χ3n) is 5.90. The molecule has 0 N–H and O–H groups in total. The number of aryl methyl sites for hydroxylation is 1. The zero-order chi connectivity index (χ0) is 21.3. The van der Waals surface area contributed by atoms with E-state index in [0.29, 0.717) is 42.1 Å². The van der Waals surface area contributed by atoms with Crippen molar-refractivity contribution in [1.82, 2.24) is 4.90 Å². The molecule has 0 bridgehead atoms. The van der Waals surface area contributed by atoms with Gasteiger partial charge < -0.3 is 14.4 Å². The number of rotatable bonds is 5. The fourth-order valence-electron chi connectivity index (χ4n) is 4.15. The van der Waals surface area contributed by atoms with E-state index in [1.807, 2.05) is 19.1 Å². The van der Waals surface area contributed by atoms with Crippen molar-refractivity contribution >= 4 is 17.5 Å². The molecule has 6 nitrogen and oxygen atoms in total. The highest BCUT2D eigenvalue weighted by Crippen LogP contribution is 2.40. The van der Waals surface area contributed by atoms with Crippen molar-refractivity contribution in [3.8, 4) is 11.5 Å². The van der Waals surface area contributed by atoms with E-state index >= 15 is 0 Å². The van der Waals surface area contributed by atoms with Gasteiger partial charge in [-0.05, 0) is 25.1 Å². The van der Waals surface area contributed by atoms with E-state index in [-0.39, 0.29) is 36.7 Å². The summed E-state index contributed by atoms with van der Waals surface area (Å²) >= 11 is 0. The molecular weight excluding hydrogens is 382 g/mol. The highest BCUT2D eigenvalue weighted by molar-refractivity contribution is 6.01. The molecule has 2 aromatic rings. The van der Waals surface area contributed by atoms with Gasteiger partial charge in [0.05, 0.1) is 25.6 Å². The number of hydrogen-bond acceptors (Lipinski definition) is 5. The third-order valence-corrected chi connectivity index (χ3v) is 5.90. The number of fused-ring (bicyclic) bond motifs is 1. The van der Waals surface area contributed by atoms with E-state index in [2.05, 4.69) is 0 Å². The van der Waals surface area contributed by atoms with E-state index in [1.54, 1.807) is 42.3 Å². The Bertz CT molecular complexity index is 997. The zero-order valence-corrected chi connectivity index (χ0v) is 17.3. The number of likely N-dealkylation sites (tertiary alicyclic amines) is 1. The molecule has 4 rings (SSSR count). The van der Waals surface area contributed by atoms with E-state index in [1.165, 1.54) is 0 Å². The maximum absolute atomic E-state index is 12.7. The molecule has 1 amide bonds. The topological polar surface area (TPSA) is 72.9 Å². The first-order valence-corrected chi connectivity index (χ1v) is 10.2. The fraction of sp³-hybridized carbons (Fsp3) is 0.375. The number of amides is 1. The number of ether oxygens (including phenoxy) is 2. The van der Waals surface area contributed by atoms with Gasteiger partial charge in [-0.25, -0.2) is 0 Å². The van der Waals surface area contributed by atoms with Gasteiger partial charge in [-0.3, -0.25) is 14.4 Å². The second-order valence-electron chi connectivity index (χ2n) is 8.10. The Hall–Kier alpha value is -3.15. The summed E-state index contributed by atoms with van der Waals surface area (Å²) in [5.41, 5.74) is 1.55. The van der Waals surface area contributed by atoms with Crippen LogP contribution in [0.25, 0.3) is 0 Å². The highest BCUT2D eigenvalue weighted by atomic mass is 16.5. The average molecular weight is 407 g/mol. The standard InChI is InChI=1S/C24H25NO5/c1-16-3-5-17(6-4-16)20(26)8-10-23(28)25-12-11-24(15-25)14-21(27)19-13-18(29-2)7-9-22(19)30-24/h3-7,9,13H,8,10-12,14-15H2,1-2H3. The van der Waals surface area contributed by atoms with Gasteiger partial charge in [0.1, 0.15) is 17.1 Å². The van der Waals surface area contributed by atoms with Gasteiger partial charge >= 0.3 is 0 Å². The van der Waals surface area contributed by atoms with Crippen LogP contribution in [0.1, 0.15) is 52.0 Å². The summed E-state index contributed by atoms with van der Waals surface area (Å²) < 4.78 is 11.4. The van der Waals surface area contributed by atoms with Gasteiger partial charge in [0.15, 0.2) is 11.6 Å². The van der Waals surface area contributed by atoms with Gasteiger partial charge in [-0.2, -0.15) is 0 Å².